The number of hydrogen-bond acceptors (Lipinski definition) is 4. The number of nitrogens with one attached hydrogen (secondary N) is 2. The van der Waals surface area contributed by atoms with Crippen molar-refractivity contribution < 1.29 is 23.1 Å². The van der Waals surface area contributed by atoms with E-state index in [0.717, 1.165) is 0 Å². The first-order chi connectivity index (χ1) is 12.8. The molecule has 142 valence electrons. The van der Waals surface area contributed by atoms with Crippen molar-refractivity contribution in [3.63, 3.8) is 0 Å². The first-order valence-corrected chi connectivity index (χ1v) is 10.1. The molecule has 3 N–H and O–H groups in total. The Balaban J connectivity index is 1.70. The molecule has 1 aliphatic carbocycles. The standard InChI is InChI=1S/C19H20N2O5S/c22-18(23)12-20-27(25,26)17-6-2-5-16(11-17)21-19(24)15-9-7-14(8-10-15)13-3-1-4-13/h2,5-11,13,20H,1,3-4,12H2,(H,21,24)(H,22,23). The van der Waals surface area contributed by atoms with Crippen LogP contribution in [0.2, 0.25) is 0 Å². The molecule has 0 aromatic heterocycles. The molecule has 3 rings (SSSR count). The van der Waals surface area contributed by atoms with Gasteiger partial charge in [0.15, 0.2) is 0 Å². The van der Waals surface area contributed by atoms with Crippen LogP contribution < -0.4 is 10.0 Å². The Morgan fingerprint density at radius 1 is 1.07 bits per heavy atom. The van der Waals surface area contributed by atoms with Gasteiger partial charge in [-0.1, -0.05) is 24.6 Å². The quantitative estimate of drug-likeness (QED) is 0.675. The summed E-state index contributed by atoms with van der Waals surface area (Å²) in [6.07, 6.45) is 3.61. The van der Waals surface area contributed by atoms with Crippen molar-refractivity contribution in [3.8, 4) is 0 Å². The number of sulfonamides is 1. The zero-order valence-corrected chi connectivity index (χ0v) is 15.3. The van der Waals surface area contributed by atoms with Gasteiger partial charge in [-0.05, 0) is 54.7 Å². The second-order valence-corrected chi connectivity index (χ2v) is 8.22. The van der Waals surface area contributed by atoms with Crippen LogP contribution in [0.25, 0.3) is 0 Å². The molecule has 0 aliphatic heterocycles. The molecule has 2 aromatic rings. The number of carbonyl (C=O) groups is 2. The fraction of sp³-hybridized carbons (Fsp3) is 0.263. The van der Waals surface area contributed by atoms with Gasteiger partial charge in [-0.25, -0.2) is 8.42 Å². The van der Waals surface area contributed by atoms with Crippen LogP contribution in [-0.4, -0.2) is 31.9 Å². The zero-order chi connectivity index (χ0) is 19.4. The average molecular weight is 388 g/mol. The zero-order valence-electron chi connectivity index (χ0n) is 14.5. The highest BCUT2D eigenvalue weighted by molar-refractivity contribution is 7.89. The molecular formula is C19H20N2O5S. The lowest BCUT2D eigenvalue weighted by Gasteiger charge is -2.25. The second kappa shape index (κ2) is 7.89. The van der Waals surface area contributed by atoms with Crippen molar-refractivity contribution in [2.24, 2.45) is 0 Å². The number of hydrogen-bond donors (Lipinski definition) is 3. The van der Waals surface area contributed by atoms with E-state index >= 15 is 0 Å². The van der Waals surface area contributed by atoms with Gasteiger partial charge in [0.1, 0.15) is 6.54 Å². The summed E-state index contributed by atoms with van der Waals surface area (Å²) in [6, 6.07) is 13.1. The molecule has 0 bridgehead atoms. The Morgan fingerprint density at radius 2 is 1.78 bits per heavy atom. The maximum atomic E-state index is 12.4. The highest BCUT2D eigenvalue weighted by atomic mass is 32.2. The van der Waals surface area contributed by atoms with Crippen molar-refractivity contribution in [2.45, 2.75) is 30.1 Å². The Morgan fingerprint density at radius 3 is 2.37 bits per heavy atom. The summed E-state index contributed by atoms with van der Waals surface area (Å²) in [5, 5.41) is 11.3. The van der Waals surface area contributed by atoms with Gasteiger partial charge in [0.05, 0.1) is 4.90 Å². The summed E-state index contributed by atoms with van der Waals surface area (Å²) in [5.41, 5.74) is 2.02. The summed E-state index contributed by atoms with van der Waals surface area (Å²) >= 11 is 0. The minimum Gasteiger partial charge on any atom is -0.480 e. The van der Waals surface area contributed by atoms with Crippen LogP contribution in [0.5, 0.6) is 0 Å². The van der Waals surface area contributed by atoms with Gasteiger partial charge in [-0.3, -0.25) is 9.59 Å². The van der Waals surface area contributed by atoms with Crippen LogP contribution in [0.4, 0.5) is 5.69 Å². The molecule has 1 amide bonds. The fourth-order valence-corrected chi connectivity index (χ4v) is 3.85. The Labute approximate surface area is 157 Å². The number of carboxylic acids is 1. The van der Waals surface area contributed by atoms with E-state index in [4.69, 9.17) is 5.11 Å². The highest BCUT2D eigenvalue weighted by Crippen LogP contribution is 2.36. The minimum atomic E-state index is -3.97. The maximum Gasteiger partial charge on any atom is 0.318 e. The van der Waals surface area contributed by atoms with Gasteiger partial charge < -0.3 is 10.4 Å². The lowest BCUT2D eigenvalue weighted by atomic mass is 9.80. The monoisotopic (exact) mass is 388 g/mol. The third-order valence-corrected chi connectivity index (χ3v) is 5.96. The summed E-state index contributed by atoms with van der Waals surface area (Å²) < 4.78 is 26.2. The van der Waals surface area contributed by atoms with Gasteiger partial charge in [0, 0.05) is 11.3 Å². The second-order valence-electron chi connectivity index (χ2n) is 6.45. The molecule has 27 heavy (non-hydrogen) atoms. The first kappa shape index (κ1) is 19.1. The first-order valence-electron chi connectivity index (χ1n) is 8.58. The van der Waals surface area contributed by atoms with Crippen molar-refractivity contribution in [1.29, 1.82) is 0 Å². The predicted molar refractivity (Wildman–Crippen MR) is 100 cm³/mol. The maximum absolute atomic E-state index is 12.4. The van der Waals surface area contributed by atoms with Crippen molar-refractivity contribution >= 4 is 27.6 Å². The molecule has 0 unspecified atom stereocenters. The predicted octanol–water partition coefficient (Wildman–Crippen LogP) is 2.57. The Hall–Kier alpha value is -2.71. The highest BCUT2D eigenvalue weighted by Gasteiger charge is 2.20. The number of anilines is 1. The normalized spacial score (nSPS) is 14.4. The summed E-state index contributed by atoms with van der Waals surface area (Å²) in [4.78, 5) is 22.8. The largest absolute Gasteiger partial charge is 0.480 e. The number of carbonyl (C=O) groups excluding carboxylic acids is 1. The molecule has 0 atom stereocenters. The van der Waals surface area contributed by atoms with Gasteiger partial charge in [-0.2, -0.15) is 4.72 Å². The number of benzene rings is 2. The van der Waals surface area contributed by atoms with Gasteiger partial charge in [-0.15, -0.1) is 0 Å². The van der Waals surface area contributed by atoms with E-state index < -0.39 is 22.5 Å². The number of rotatable bonds is 7. The molecule has 7 nitrogen and oxygen atoms in total. The van der Waals surface area contributed by atoms with Crippen molar-refractivity contribution in [2.75, 3.05) is 11.9 Å². The molecule has 1 fully saturated rings. The van der Waals surface area contributed by atoms with Gasteiger partial charge in [0.25, 0.3) is 5.91 Å². The number of aliphatic carboxylic acids is 1. The SMILES string of the molecule is O=C(O)CNS(=O)(=O)c1cccc(NC(=O)c2ccc(C3CCC3)cc2)c1. The van der Waals surface area contributed by atoms with Crippen LogP contribution in [0.3, 0.4) is 0 Å². The van der Waals surface area contributed by atoms with E-state index in [-0.39, 0.29) is 10.8 Å². The molecule has 1 aliphatic rings. The average Bonchev–Trinajstić information content (AvgIpc) is 2.59. The summed E-state index contributed by atoms with van der Waals surface area (Å²) in [6.45, 7) is -0.716. The molecule has 0 radical (unpaired) electrons. The Bertz CT molecular complexity index is 950. The van der Waals surface area contributed by atoms with Crippen molar-refractivity contribution in [1.82, 2.24) is 4.72 Å². The minimum absolute atomic E-state index is 0.123. The van der Waals surface area contributed by atoms with Gasteiger partial charge >= 0.3 is 5.97 Å². The molecule has 8 heteroatoms. The van der Waals surface area contributed by atoms with Crippen LogP contribution in [-0.2, 0) is 14.8 Å². The van der Waals surface area contributed by atoms with Crippen LogP contribution >= 0.6 is 0 Å². The molecule has 0 heterocycles. The Kier molecular flexibility index (Phi) is 5.57. The van der Waals surface area contributed by atoms with E-state index in [2.05, 4.69) is 5.32 Å². The smallest absolute Gasteiger partial charge is 0.318 e. The molecule has 1 saturated carbocycles. The van der Waals surface area contributed by atoms with E-state index in [9.17, 15) is 18.0 Å². The molecular weight excluding hydrogens is 368 g/mol. The topological polar surface area (TPSA) is 113 Å². The third-order valence-electron chi connectivity index (χ3n) is 4.57. The van der Waals surface area contributed by atoms with Crippen molar-refractivity contribution in [3.05, 3.63) is 59.7 Å². The fourth-order valence-electron chi connectivity index (χ4n) is 2.83. The molecule has 0 saturated heterocycles. The van der Waals surface area contributed by atoms with Gasteiger partial charge in [0.2, 0.25) is 10.0 Å². The molecule has 0 spiro atoms. The summed E-state index contributed by atoms with van der Waals surface area (Å²) in [5.74, 6) is -1.04. The van der Waals surface area contributed by atoms with E-state index in [0.29, 0.717) is 17.2 Å². The van der Waals surface area contributed by atoms with Crippen LogP contribution in [0.15, 0.2) is 53.4 Å². The molecule has 2 aromatic carbocycles. The lowest BCUT2D eigenvalue weighted by Crippen LogP contribution is -2.29. The van der Waals surface area contributed by atoms with Crippen LogP contribution in [0, 0.1) is 0 Å². The van der Waals surface area contributed by atoms with E-state index in [1.54, 1.807) is 18.2 Å². The van der Waals surface area contributed by atoms with E-state index in [1.165, 1.54) is 43.0 Å². The lowest BCUT2D eigenvalue weighted by molar-refractivity contribution is -0.135. The third kappa shape index (κ3) is 4.72. The summed E-state index contributed by atoms with van der Waals surface area (Å²) in [7, 11) is -3.97. The van der Waals surface area contributed by atoms with E-state index in [1.807, 2.05) is 16.9 Å². The number of carboxylic acid groups (broad SMARTS) is 1. The number of amides is 1. The van der Waals surface area contributed by atoms with Crippen LogP contribution in [0.1, 0.15) is 41.1 Å².